The zero-order valence-electron chi connectivity index (χ0n) is 5.93. The molecule has 1 heteroatoms. The Morgan fingerprint density at radius 3 is 3.22 bits per heavy atom. The summed E-state index contributed by atoms with van der Waals surface area (Å²) in [7, 11) is 0. The maximum Gasteiger partial charge on any atom is 0.0210 e. The number of rotatable bonds is 0. The summed E-state index contributed by atoms with van der Waals surface area (Å²) < 4.78 is 0. The van der Waals surface area contributed by atoms with E-state index >= 15 is 0 Å². The van der Waals surface area contributed by atoms with Crippen LogP contribution in [0.3, 0.4) is 0 Å². The molecule has 0 aromatic rings. The highest BCUT2D eigenvalue weighted by atomic mass is 15.2. The van der Waals surface area contributed by atoms with Crippen molar-refractivity contribution in [1.29, 1.82) is 0 Å². The van der Waals surface area contributed by atoms with Crippen LogP contribution in [0.2, 0.25) is 0 Å². The fourth-order valence-electron chi connectivity index (χ4n) is 1.88. The van der Waals surface area contributed by atoms with Crippen LogP contribution in [0, 0.1) is 5.92 Å². The number of hydrogen-bond donors (Lipinski definition) is 0. The average Bonchev–Trinajstić information content (AvgIpc) is 2.35. The van der Waals surface area contributed by atoms with Gasteiger partial charge in [-0.3, -0.25) is 0 Å². The van der Waals surface area contributed by atoms with E-state index in [0.717, 1.165) is 5.92 Å². The van der Waals surface area contributed by atoms with Gasteiger partial charge in [0.05, 0.1) is 0 Å². The van der Waals surface area contributed by atoms with Crippen LogP contribution in [0.15, 0.2) is 11.8 Å². The van der Waals surface area contributed by atoms with Crippen molar-refractivity contribution >= 4 is 0 Å². The monoisotopic (exact) mass is 123 g/mol. The van der Waals surface area contributed by atoms with E-state index in [1.54, 1.807) is 5.70 Å². The first-order valence-electron chi connectivity index (χ1n) is 3.83. The second-order valence-corrected chi connectivity index (χ2v) is 3.09. The maximum absolute atomic E-state index is 2.52. The van der Waals surface area contributed by atoms with Crippen molar-refractivity contribution in [3.05, 3.63) is 11.8 Å². The lowest BCUT2D eigenvalue weighted by Gasteiger charge is -2.12. The molecule has 0 aromatic heterocycles. The first kappa shape index (κ1) is 5.33. The normalized spacial score (nSPS) is 32.8. The Hall–Kier alpha value is -0.460. The van der Waals surface area contributed by atoms with Crippen LogP contribution in [0.1, 0.15) is 19.8 Å². The highest BCUT2D eigenvalue weighted by Crippen LogP contribution is 2.31. The molecule has 0 N–H and O–H groups in total. The summed E-state index contributed by atoms with van der Waals surface area (Å²) in [5.41, 5.74) is 1.62. The number of hydrogen-bond acceptors (Lipinski definition) is 1. The minimum atomic E-state index is 0.854. The van der Waals surface area contributed by atoms with Crippen LogP contribution < -0.4 is 0 Å². The zero-order valence-corrected chi connectivity index (χ0v) is 5.93. The van der Waals surface area contributed by atoms with Gasteiger partial charge < -0.3 is 4.90 Å². The van der Waals surface area contributed by atoms with Gasteiger partial charge in [-0.2, -0.15) is 0 Å². The van der Waals surface area contributed by atoms with E-state index in [9.17, 15) is 0 Å². The molecule has 0 bridgehead atoms. The van der Waals surface area contributed by atoms with Gasteiger partial charge in [-0.1, -0.05) is 13.0 Å². The van der Waals surface area contributed by atoms with Gasteiger partial charge in [0.2, 0.25) is 0 Å². The van der Waals surface area contributed by atoms with E-state index in [4.69, 9.17) is 0 Å². The van der Waals surface area contributed by atoms with Crippen molar-refractivity contribution in [1.82, 2.24) is 4.90 Å². The molecular weight excluding hydrogens is 110 g/mol. The molecule has 0 radical (unpaired) electrons. The summed E-state index contributed by atoms with van der Waals surface area (Å²) in [6, 6.07) is 0. The lowest BCUT2D eigenvalue weighted by Crippen LogP contribution is -2.13. The van der Waals surface area contributed by atoms with E-state index in [2.05, 4.69) is 17.9 Å². The van der Waals surface area contributed by atoms with E-state index < -0.39 is 0 Å². The highest BCUT2D eigenvalue weighted by molar-refractivity contribution is 5.14. The summed E-state index contributed by atoms with van der Waals surface area (Å²) in [6.45, 7) is 4.93. The minimum absolute atomic E-state index is 0.854. The average molecular weight is 123 g/mol. The summed E-state index contributed by atoms with van der Waals surface area (Å²) in [6.07, 6.45) is 5.07. The topological polar surface area (TPSA) is 3.24 Å². The number of nitrogens with zero attached hydrogens (tertiary/aromatic N) is 1. The molecule has 2 aliphatic rings. The van der Waals surface area contributed by atoms with Gasteiger partial charge in [-0.05, 0) is 18.8 Å². The molecule has 2 rings (SSSR count). The second-order valence-electron chi connectivity index (χ2n) is 3.09. The van der Waals surface area contributed by atoms with Crippen molar-refractivity contribution in [3.8, 4) is 0 Å². The Bertz CT molecular complexity index is 149. The third-order valence-electron chi connectivity index (χ3n) is 2.45. The third-order valence-corrected chi connectivity index (χ3v) is 2.45. The van der Waals surface area contributed by atoms with Crippen molar-refractivity contribution in [2.24, 2.45) is 5.92 Å². The molecule has 0 amide bonds. The molecule has 1 saturated heterocycles. The molecule has 0 aromatic carbocycles. The van der Waals surface area contributed by atoms with E-state index in [0.29, 0.717) is 0 Å². The molecule has 1 nitrogen and oxygen atoms in total. The lowest BCUT2D eigenvalue weighted by molar-refractivity contribution is 0.426. The van der Waals surface area contributed by atoms with Crippen molar-refractivity contribution in [2.45, 2.75) is 19.8 Å². The Morgan fingerprint density at radius 1 is 1.56 bits per heavy atom. The fraction of sp³-hybridized carbons (Fsp3) is 0.750. The van der Waals surface area contributed by atoms with Gasteiger partial charge in [-0.15, -0.1) is 0 Å². The van der Waals surface area contributed by atoms with E-state index in [1.807, 2.05) is 0 Å². The van der Waals surface area contributed by atoms with Gasteiger partial charge in [0, 0.05) is 18.8 Å². The van der Waals surface area contributed by atoms with Gasteiger partial charge in [-0.25, -0.2) is 0 Å². The van der Waals surface area contributed by atoms with Gasteiger partial charge in [0.15, 0.2) is 0 Å². The molecule has 50 valence electrons. The molecule has 1 fully saturated rings. The maximum atomic E-state index is 2.52. The molecule has 0 spiro atoms. The van der Waals surface area contributed by atoms with Crippen LogP contribution >= 0.6 is 0 Å². The molecule has 9 heavy (non-hydrogen) atoms. The Labute approximate surface area is 56.4 Å². The fourth-order valence-corrected chi connectivity index (χ4v) is 1.88. The molecular formula is C8H13N. The van der Waals surface area contributed by atoms with Crippen molar-refractivity contribution in [2.75, 3.05) is 13.1 Å². The number of fused-ring (bicyclic) bond motifs is 1. The Kier molecular flexibility index (Phi) is 1.04. The van der Waals surface area contributed by atoms with Gasteiger partial charge in [0.25, 0.3) is 0 Å². The van der Waals surface area contributed by atoms with Crippen LogP contribution in [0.4, 0.5) is 0 Å². The van der Waals surface area contributed by atoms with E-state index in [-0.39, 0.29) is 0 Å². The standard InChI is InChI=1S/C8H13N/c1-7-4-6-9-5-2-3-8(7)9/h3,7H,2,4-6H2,1H3/t7-/m0/s1. The lowest BCUT2D eigenvalue weighted by atomic mass is 10.1. The quantitative estimate of drug-likeness (QED) is 0.473. The Morgan fingerprint density at radius 2 is 2.44 bits per heavy atom. The molecule has 0 aliphatic carbocycles. The summed E-state index contributed by atoms with van der Waals surface area (Å²) in [5.74, 6) is 0.854. The first-order chi connectivity index (χ1) is 4.38. The van der Waals surface area contributed by atoms with Gasteiger partial charge in [0.1, 0.15) is 0 Å². The van der Waals surface area contributed by atoms with Crippen molar-refractivity contribution < 1.29 is 0 Å². The molecule has 2 aliphatic heterocycles. The Balaban J connectivity index is 2.22. The smallest absolute Gasteiger partial charge is 0.0210 e. The SMILES string of the molecule is C[C@H]1CCN2CCC=C12. The van der Waals surface area contributed by atoms with Gasteiger partial charge >= 0.3 is 0 Å². The summed E-state index contributed by atoms with van der Waals surface area (Å²) in [5, 5.41) is 0. The third kappa shape index (κ3) is 0.673. The van der Waals surface area contributed by atoms with Crippen LogP contribution in [0.5, 0.6) is 0 Å². The van der Waals surface area contributed by atoms with Crippen LogP contribution in [-0.2, 0) is 0 Å². The number of allylic oxidation sites excluding steroid dienone is 1. The van der Waals surface area contributed by atoms with Crippen LogP contribution in [0.25, 0.3) is 0 Å². The second kappa shape index (κ2) is 1.76. The predicted octanol–water partition coefficient (Wildman–Crippen LogP) is 1.62. The summed E-state index contributed by atoms with van der Waals surface area (Å²) >= 11 is 0. The van der Waals surface area contributed by atoms with Crippen molar-refractivity contribution in [3.63, 3.8) is 0 Å². The molecule has 0 saturated carbocycles. The largest absolute Gasteiger partial charge is 0.375 e. The summed E-state index contributed by atoms with van der Waals surface area (Å²) in [4.78, 5) is 2.52. The first-order valence-corrected chi connectivity index (χ1v) is 3.83. The minimum Gasteiger partial charge on any atom is -0.375 e. The predicted molar refractivity (Wildman–Crippen MR) is 38.1 cm³/mol. The zero-order chi connectivity index (χ0) is 6.27. The van der Waals surface area contributed by atoms with Crippen LogP contribution in [-0.4, -0.2) is 18.0 Å². The van der Waals surface area contributed by atoms with E-state index in [1.165, 1.54) is 25.9 Å². The molecule has 1 atom stereocenters. The molecule has 2 heterocycles. The molecule has 0 unspecified atom stereocenters. The highest BCUT2D eigenvalue weighted by Gasteiger charge is 2.26.